The van der Waals surface area contributed by atoms with Gasteiger partial charge in [0.05, 0.1) is 6.10 Å². The number of rotatable bonds is 5. The van der Waals surface area contributed by atoms with Crippen molar-refractivity contribution in [3.63, 3.8) is 0 Å². The quantitative estimate of drug-likeness (QED) is 0.613. The van der Waals surface area contributed by atoms with Crippen molar-refractivity contribution in [2.45, 2.75) is 111 Å². The normalized spacial score (nSPS) is 48.1. The molecule has 0 aromatic carbocycles. The second-order valence-corrected chi connectivity index (χ2v) is 12.7. The molecular formula is C27H47NO2. The Balaban J connectivity index is 1.51. The van der Waals surface area contributed by atoms with Gasteiger partial charge in [0.15, 0.2) is 0 Å². The largest absolute Gasteiger partial charge is 0.393 e. The minimum atomic E-state index is -0.223. The molecule has 0 aliphatic heterocycles. The van der Waals surface area contributed by atoms with Crippen LogP contribution in [0.3, 0.4) is 0 Å². The summed E-state index contributed by atoms with van der Waals surface area (Å²) in [7, 11) is 0. The van der Waals surface area contributed by atoms with Crippen LogP contribution in [0.4, 0.5) is 0 Å². The SMILES string of the molecule is CC(C)[C@H](C)CC[C@@H](N)[C@H]1CCC2C3C(CC[C@@]21C)[C@@]1(C)CCC(=O)C[C@@H]1C[C@H]3O. The topological polar surface area (TPSA) is 63.3 Å². The van der Waals surface area contributed by atoms with Crippen molar-refractivity contribution in [2.75, 3.05) is 0 Å². The fourth-order valence-electron chi connectivity index (χ4n) is 8.75. The van der Waals surface area contributed by atoms with Crippen LogP contribution in [0, 0.1) is 52.3 Å². The minimum Gasteiger partial charge on any atom is -0.393 e. The Bertz CT molecular complexity index is 647. The lowest BCUT2D eigenvalue weighted by Gasteiger charge is -2.61. The number of ketones is 1. The first-order chi connectivity index (χ1) is 14.1. The van der Waals surface area contributed by atoms with E-state index < -0.39 is 0 Å². The number of aliphatic hydroxyl groups is 1. The Morgan fingerprint density at radius 2 is 1.73 bits per heavy atom. The summed E-state index contributed by atoms with van der Waals surface area (Å²) in [6.07, 6.45) is 10.5. The highest BCUT2D eigenvalue weighted by molar-refractivity contribution is 5.79. The highest BCUT2D eigenvalue weighted by Gasteiger charge is 2.62. The number of nitrogens with two attached hydrogens (primary N) is 1. The second-order valence-electron chi connectivity index (χ2n) is 12.7. The van der Waals surface area contributed by atoms with Gasteiger partial charge in [0.2, 0.25) is 0 Å². The van der Waals surface area contributed by atoms with Gasteiger partial charge in [-0.25, -0.2) is 0 Å². The average Bonchev–Trinajstić information content (AvgIpc) is 3.04. The van der Waals surface area contributed by atoms with E-state index >= 15 is 0 Å². The van der Waals surface area contributed by atoms with Crippen LogP contribution in [0.1, 0.15) is 98.8 Å². The van der Waals surface area contributed by atoms with E-state index in [9.17, 15) is 9.90 Å². The van der Waals surface area contributed by atoms with Gasteiger partial charge in [-0.15, -0.1) is 0 Å². The van der Waals surface area contributed by atoms with E-state index in [4.69, 9.17) is 5.73 Å². The first-order valence-corrected chi connectivity index (χ1v) is 13.0. The lowest BCUT2D eigenvalue weighted by Crippen LogP contribution is -2.58. The molecule has 3 N–H and O–H groups in total. The van der Waals surface area contributed by atoms with Crippen LogP contribution in [0.15, 0.2) is 0 Å². The zero-order valence-electron chi connectivity index (χ0n) is 20.2. The lowest BCUT2D eigenvalue weighted by atomic mass is 9.44. The molecule has 3 nitrogen and oxygen atoms in total. The summed E-state index contributed by atoms with van der Waals surface area (Å²) in [6.45, 7) is 12.0. The maximum atomic E-state index is 12.1. The molecule has 10 atom stereocenters. The van der Waals surface area contributed by atoms with E-state index in [0.717, 1.165) is 37.5 Å². The minimum absolute atomic E-state index is 0.223. The van der Waals surface area contributed by atoms with Crippen LogP contribution in [-0.4, -0.2) is 23.0 Å². The van der Waals surface area contributed by atoms with Gasteiger partial charge in [0.25, 0.3) is 0 Å². The van der Waals surface area contributed by atoms with Crippen LogP contribution in [0.5, 0.6) is 0 Å². The molecule has 4 rings (SSSR count). The lowest BCUT2D eigenvalue weighted by molar-refractivity contribution is -0.168. The van der Waals surface area contributed by atoms with Crippen molar-refractivity contribution in [3.8, 4) is 0 Å². The third-order valence-corrected chi connectivity index (χ3v) is 11.2. The molecule has 30 heavy (non-hydrogen) atoms. The molecule has 172 valence electrons. The zero-order chi connectivity index (χ0) is 21.8. The summed E-state index contributed by atoms with van der Waals surface area (Å²) in [5.41, 5.74) is 7.41. The Kier molecular flexibility index (Phi) is 6.21. The van der Waals surface area contributed by atoms with Gasteiger partial charge in [-0.2, -0.15) is 0 Å². The monoisotopic (exact) mass is 417 g/mol. The first-order valence-electron chi connectivity index (χ1n) is 13.0. The van der Waals surface area contributed by atoms with Crippen molar-refractivity contribution in [1.29, 1.82) is 0 Å². The molecule has 4 saturated carbocycles. The third kappa shape index (κ3) is 3.60. The van der Waals surface area contributed by atoms with Gasteiger partial charge in [-0.3, -0.25) is 4.79 Å². The molecule has 0 heterocycles. The summed E-state index contributed by atoms with van der Waals surface area (Å²) in [6, 6.07) is 0.300. The average molecular weight is 418 g/mol. The van der Waals surface area contributed by atoms with Gasteiger partial charge in [0, 0.05) is 18.9 Å². The van der Waals surface area contributed by atoms with Gasteiger partial charge in [0.1, 0.15) is 5.78 Å². The van der Waals surface area contributed by atoms with E-state index in [1.165, 1.54) is 32.1 Å². The number of carbonyl (C=O) groups is 1. The van der Waals surface area contributed by atoms with Crippen LogP contribution in [0.25, 0.3) is 0 Å². The third-order valence-electron chi connectivity index (χ3n) is 11.2. The number of Topliss-reactive ketones (excluding diaryl/α,β-unsaturated/α-hetero) is 1. The number of fused-ring (bicyclic) bond motifs is 5. The van der Waals surface area contributed by atoms with E-state index in [1.807, 2.05) is 0 Å². The fraction of sp³-hybridized carbons (Fsp3) is 0.963. The highest BCUT2D eigenvalue weighted by atomic mass is 16.3. The molecule has 4 fully saturated rings. The van der Waals surface area contributed by atoms with Crippen molar-refractivity contribution in [3.05, 3.63) is 0 Å². The molecule has 0 amide bonds. The molecule has 0 spiro atoms. The number of hydrogen-bond acceptors (Lipinski definition) is 3. The van der Waals surface area contributed by atoms with Crippen LogP contribution in [0.2, 0.25) is 0 Å². The molecule has 0 bridgehead atoms. The summed E-state index contributed by atoms with van der Waals surface area (Å²) >= 11 is 0. The van der Waals surface area contributed by atoms with Gasteiger partial charge in [-0.1, -0.05) is 34.6 Å². The summed E-state index contributed by atoms with van der Waals surface area (Å²) < 4.78 is 0. The van der Waals surface area contributed by atoms with Gasteiger partial charge < -0.3 is 10.8 Å². The molecule has 0 saturated heterocycles. The second kappa shape index (κ2) is 8.18. The van der Waals surface area contributed by atoms with Crippen LogP contribution < -0.4 is 5.73 Å². The van der Waals surface area contributed by atoms with Crippen molar-refractivity contribution >= 4 is 5.78 Å². The Morgan fingerprint density at radius 3 is 2.43 bits per heavy atom. The fourth-order valence-corrected chi connectivity index (χ4v) is 8.75. The molecular weight excluding hydrogens is 370 g/mol. The number of aliphatic hydroxyl groups excluding tert-OH is 1. The van der Waals surface area contributed by atoms with Gasteiger partial charge in [-0.05, 0) is 104 Å². The molecule has 0 aromatic rings. The van der Waals surface area contributed by atoms with E-state index in [2.05, 4.69) is 34.6 Å². The molecule has 3 unspecified atom stereocenters. The maximum absolute atomic E-state index is 12.1. The Labute approximate surface area is 185 Å². The van der Waals surface area contributed by atoms with Crippen molar-refractivity contribution < 1.29 is 9.90 Å². The van der Waals surface area contributed by atoms with Gasteiger partial charge >= 0.3 is 0 Å². The molecule has 0 radical (unpaired) electrons. The molecule has 4 aliphatic rings. The molecule has 3 heteroatoms. The van der Waals surface area contributed by atoms with Crippen LogP contribution in [-0.2, 0) is 4.79 Å². The van der Waals surface area contributed by atoms with Crippen molar-refractivity contribution in [2.24, 2.45) is 58.0 Å². The number of hydrogen-bond donors (Lipinski definition) is 2. The smallest absolute Gasteiger partial charge is 0.133 e. The molecule has 4 aliphatic carbocycles. The van der Waals surface area contributed by atoms with E-state index in [-0.39, 0.29) is 16.9 Å². The zero-order valence-corrected chi connectivity index (χ0v) is 20.2. The van der Waals surface area contributed by atoms with E-state index in [0.29, 0.717) is 47.8 Å². The van der Waals surface area contributed by atoms with E-state index in [1.54, 1.807) is 0 Å². The number of carbonyl (C=O) groups excluding carboxylic acids is 1. The highest BCUT2D eigenvalue weighted by Crippen LogP contribution is 2.67. The predicted molar refractivity (Wildman–Crippen MR) is 123 cm³/mol. The Morgan fingerprint density at radius 1 is 1.03 bits per heavy atom. The van der Waals surface area contributed by atoms with Crippen LogP contribution >= 0.6 is 0 Å². The summed E-state index contributed by atoms with van der Waals surface area (Å²) in [5.74, 6) is 4.52. The van der Waals surface area contributed by atoms with Crippen molar-refractivity contribution in [1.82, 2.24) is 0 Å². The Hall–Kier alpha value is -0.410. The first kappa shape index (κ1) is 22.8. The summed E-state index contributed by atoms with van der Waals surface area (Å²) in [4.78, 5) is 12.1. The molecule has 0 aromatic heterocycles. The standard InChI is InChI=1S/C27H47NO2/c1-16(2)17(3)6-9-23(28)20-7-8-21-25-22(11-13-27(20,21)5)26(4)12-10-19(29)14-18(26)15-24(25)30/h16-18,20-25,30H,6-15,28H2,1-5H3/t17-,18-,20-,21?,22?,23-,24-,25?,26+,27-/m1/s1. The predicted octanol–water partition coefficient (Wildman–Crippen LogP) is 5.58. The summed E-state index contributed by atoms with van der Waals surface area (Å²) in [5, 5.41) is 11.3. The maximum Gasteiger partial charge on any atom is 0.133 e.